The predicted octanol–water partition coefficient (Wildman–Crippen LogP) is 1.92. The summed E-state index contributed by atoms with van der Waals surface area (Å²) in [6.45, 7) is 9.67. The van der Waals surface area contributed by atoms with E-state index >= 15 is 0 Å². The second-order valence-corrected chi connectivity index (χ2v) is 8.67. The van der Waals surface area contributed by atoms with E-state index in [1.165, 1.54) is 0 Å². The molecule has 118 valence electrons. The number of carbonyl (C=O) groups excluding carboxylic acids is 2. The van der Waals surface area contributed by atoms with Gasteiger partial charge in [-0.05, 0) is 25.3 Å². The van der Waals surface area contributed by atoms with Crippen LogP contribution < -0.4 is 0 Å². The lowest BCUT2D eigenvalue weighted by Crippen LogP contribution is -2.56. The number of rotatable bonds is 1. The van der Waals surface area contributed by atoms with Gasteiger partial charge in [-0.15, -0.1) is 0 Å². The summed E-state index contributed by atoms with van der Waals surface area (Å²) in [5.74, 6) is 0.415. The van der Waals surface area contributed by atoms with Gasteiger partial charge in [0, 0.05) is 31.6 Å². The molecule has 2 saturated carbocycles. The molecule has 1 saturated heterocycles. The third-order valence-corrected chi connectivity index (χ3v) is 8.09. The Hall–Kier alpha value is -0.420. The SMILES string of the molecule is CN1CCN(C(=O)[C@]23CC[C@](C)(C(=O)[C@H]2Br)C3(C)C)CC1. The smallest absolute Gasteiger partial charge is 0.231 e. The van der Waals surface area contributed by atoms with Gasteiger partial charge in [0.2, 0.25) is 5.91 Å². The van der Waals surface area contributed by atoms with E-state index in [2.05, 4.69) is 48.6 Å². The molecule has 1 heterocycles. The summed E-state index contributed by atoms with van der Waals surface area (Å²) in [5.41, 5.74) is -1.22. The van der Waals surface area contributed by atoms with Gasteiger partial charge in [0.25, 0.3) is 0 Å². The Balaban J connectivity index is 1.96. The summed E-state index contributed by atoms with van der Waals surface area (Å²) in [4.78, 5) is 30.0. The van der Waals surface area contributed by atoms with Crippen LogP contribution in [0.5, 0.6) is 0 Å². The van der Waals surface area contributed by atoms with Crippen molar-refractivity contribution in [2.24, 2.45) is 16.2 Å². The molecule has 0 spiro atoms. The van der Waals surface area contributed by atoms with Crippen LogP contribution in [0.25, 0.3) is 0 Å². The van der Waals surface area contributed by atoms with Crippen molar-refractivity contribution in [1.82, 2.24) is 9.80 Å². The summed E-state index contributed by atoms with van der Waals surface area (Å²) in [5, 5.41) is 0. The molecule has 3 atom stereocenters. The average molecular weight is 357 g/mol. The number of likely N-dealkylation sites (N-methyl/N-ethyl adjacent to an activating group) is 1. The zero-order valence-corrected chi connectivity index (χ0v) is 15.0. The first-order valence-corrected chi connectivity index (χ1v) is 8.76. The highest BCUT2D eigenvalue weighted by Gasteiger charge is 2.77. The first-order valence-electron chi connectivity index (χ1n) is 7.85. The molecule has 2 bridgehead atoms. The van der Waals surface area contributed by atoms with Crippen molar-refractivity contribution in [2.45, 2.75) is 38.4 Å². The summed E-state index contributed by atoms with van der Waals surface area (Å²) in [7, 11) is 2.09. The highest BCUT2D eigenvalue weighted by atomic mass is 79.9. The van der Waals surface area contributed by atoms with Crippen molar-refractivity contribution >= 4 is 27.6 Å². The minimum absolute atomic E-state index is 0.192. The molecule has 2 aliphatic carbocycles. The topological polar surface area (TPSA) is 40.6 Å². The van der Waals surface area contributed by atoms with Crippen LogP contribution in [0.4, 0.5) is 0 Å². The lowest BCUT2D eigenvalue weighted by molar-refractivity contribution is -0.148. The molecule has 5 heteroatoms. The fourth-order valence-corrected chi connectivity index (χ4v) is 6.22. The summed E-state index contributed by atoms with van der Waals surface area (Å²) >= 11 is 3.60. The van der Waals surface area contributed by atoms with E-state index < -0.39 is 5.41 Å². The van der Waals surface area contributed by atoms with Crippen molar-refractivity contribution in [3.8, 4) is 0 Å². The van der Waals surface area contributed by atoms with Crippen LogP contribution >= 0.6 is 15.9 Å². The average Bonchev–Trinajstić information content (AvgIpc) is 2.71. The van der Waals surface area contributed by atoms with Crippen LogP contribution in [-0.2, 0) is 9.59 Å². The predicted molar refractivity (Wildman–Crippen MR) is 85.4 cm³/mol. The lowest BCUT2D eigenvalue weighted by Gasteiger charge is -2.44. The highest BCUT2D eigenvalue weighted by Crippen LogP contribution is 2.72. The van der Waals surface area contributed by atoms with Gasteiger partial charge in [-0.1, -0.05) is 36.7 Å². The van der Waals surface area contributed by atoms with E-state index in [1.807, 2.05) is 4.90 Å². The third kappa shape index (κ3) is 1.65. The highest BCUT2D eigenvalue weighted by molar-refractivity contribution is 9.10. The van der Waals surface area contributed by atoms with Crippen molar-refractivity contribution in [2.75, 3.05) is 33.2 Å². The van der Waals surface area contributed by atoms with Gasteiger partial charge in [-0.3, -0.25) is 9.59 Å². The number of hydrogen-bond acceptors (Lipinski definition) is 3. The van der Waals surface area contributed by atoms with Crippen LogP contribution in [0, 0.1) is 16.2 Å². The molecule has 3 aliphatic rings. The molecule has 0 unspecified atom stereocenters. The number of alkyl halides is 1. The Morgan fingerprint density at radius 2 is 1.71 bits per heavy atom. The molecule has 0 N–H and O–H groups in total. The Bertz CT molecular complexity index is 499. The standard InChI is InChI=1S/C16H25BrN2O2/c1-14(2)15(3)5-6-16(14,11(17)12(15)20)13(21)19-9-7-18(4)8-10-19/h11H,5-10H2,1-4H3/t11-,15-,16+/m1/s1. The van der Waals surface area contributed by atoms with E-state index in [1.54, 1.807) is 0 Å². The number of nitrogens with zero attached hydrogens (tertiary/aromatic N) is 2. The monoisotopic (exact) mass is 356 g/mol. The Labute approximate surface area is 135 Å². The van der Waals surface area contributed by atoms with Crippen LogP contribution in [0.1, 0.15) is 33.6 Å². The minimum atomic E-state index is -0.561. The van der Waals surface area contributed by atoms with Gasteiger partial charge in [0.15, 0.2) is 5.78 Å². The Kier molecular flexibility index (Phi) is 3.35. The van der Waals surface area contributed by atoms with Gasteiger partial charge in [-0.2, -0.15) is 0 Å². The van der Waals surface area contributed by atoms with Crippen LogP contribution in [0.2, 0.25) is 0 Å². The van der Waals surface area contributed by atoms with Crippen LogP contribution in [-0.4, -0.2) is 59.5 Å². The van der Waals surface area contributed by atoms with E-state index in [0.717, 1.165) is 39.0 Å². The number of ketones is 1. The zero-order valence-electron chi connectivity index (χ0n) is 13.4. The molecule has 0 aromatic heterocycles. The number of amides is 1. The maximum atomic E-state index is 13.3. The fraction of sp³-hybridized carbons (Fsp3) is 0.875. The second kappa shape index (κ2) is 4.54. The normalized spacial score (nSPS) is 42.6. The van der Waals surface area contributed by atoms with Crippen molar-refractivity contribution < 1.29 is 9.59 Å². The molecule has 3 rings (SSSR count). The Morgan fingerprint density at radius 1 is 1.14 bits per heavy atom. The third-order valence-electron chi connectivity index (χ3n) is 6.89. The molecule has 0 radical (unpaired) electrons. The van der Waals surface area contributed by atoms with Gasteiger partial charge in [0.1, 0.15) is 0 Å². The molecule has 3 fully saturated rings. The largest absolute Gasteiger partial charge is 0.340 e. The molecule has 1 aliphatic heterocycles. The van der Waals surface area contributed by atoms with E-state index in [0.29, 0.717) is 0 Å². The number of carbonyl (C=O) groups is 2. The van der Waals surface area contributed by atoms with Gasteiger partial charge in [-0.25, -0.2) is 0 Å². The molecule has 1 amide bonds. The quantitative estimate of drug-likeness (QED) is 0.674. The molecule has 4 nitrogen and oxygen atoms in total. The molecule has 0 aromatic carbocycles. The van der Waals surface area contributed by atoms with Crippen molar-refractivity contribution in [3.05, 3.63) is 0 Å². The number of hydrogen-bond donors (Lipinski definition) is 0. The molecule has 21 heavy (non-hydrogen) atoms. The first-order chi connectivity index (χ1) is 9.68. The summed E-state index contributed by atoms with van der Waals surface area (Å²) < 4.78 is 0. The van der Waals surface area contributed by atoms with E-state index in [-0.39, 0.29) is 27.3 Å². The van der Waals surface area contributed by atoms with E-state index in [4.69, 9.17) is 0 Å². The minimum Gasteiger partial charge on any atom is -0.340 e. The Morgan fingerprint density at radius 3 is 2.19 bits per heavy atom. The molecular formula is C16H25BrN2O2. The number of halogens is 1. The zero-order chi connectivity index (χ0) is 15.6. The van der Waals surface area contributed by atoms with Crippen LogP contribution in [0.3, 0.4) is 0 Å². The first kappa shape index (κ1) is 15.5. The summed E-state index contributed by atoms with van der Waals surface area (Å²) in [6, 6.07) is 0. The molecule has 0 aromatic rings. The number of Topliss-reactive ketones (excluding diaryl/α,β-unsaturated/α-hetero) is 1. The van der Waals surface area contributed by atoms with Gasteiger partial charge < -0.3 is 9.80 Å². The maximum Gasteiger partial charge on any atom is 0.231 e. The number of piperazine rings is 1. The second-order valence-electron chi connectivity index (χ2n) is 7.75. The van der Waals surface area contributed by atoms with Gasteiger partial charge in [0.05, 0.1) is 10.2 Å². The molecular weight excluding hydrogens is 332 g/mol. The fourth-order valence-electron chi connectivity index (χ4n) is 4.72. The van der Waals surface area contributed by atoms with E-state index in [9.17, 15) is 9.59 Å². The van der Waals surface area contributed by atoms with Crippen LogP contribution in [0.15, 0.2) is 0 Å². The number of fused-ring (bicyclic) bond motifs is 2. The maximum absolute atomic E-state index is 13.3. The van der Waals surface area contributed by atoms with Gasteiger partial charge >= 0.3 is 0 Å². The summed E-state index contributed by atoms with van der Waals surface area (Å²) in [6.07, 6.45) is 1.66. The van der Waals surface area contributed by atoms with Crippen molar-refractivity contribution in [1.29, 1.82) is 0 Å². The lowest BCUT2D eigenvalue weighted by atomic mass is 9.64. The van der Waals surface area contributed by atoms with Crippen molar-refractivity contribution in [3.63, 3.8) is 0 Å².